The van der Waals surface area contributed by atoms with Crippen LogP contribution in [0.15, 0.2) is 12.4 Å². The Kier molecular flexibility index (Phi) is 4.99. The van der Waals surface area contributed by atoms with Crippen LogP contribution in [0.4, 0.5) is 13.2 Å². The topological polar surface area (TPSA) is 77.2 Å². The van der Waals surface area contributed by atoms with Crippen molar-refractivity contribution in [2.45, 2.75) is 38.6 Å². The van der Waals surface area contributed by atoms with E-state index >= 15 is 0 Å². The molecule has 0 bridgehead atoms. The van der Waals surface area contributed by atoms with E-state index in [2.05, 4.69) is 29.6 Å². The highest BCUT2D eigenvalue weighted by molar-refractivity contribution is 6.76. The van der Waals surface area contributed by atoms with Crippen LogP contribution in [0, 0.1) is 0 Å². The second kappa shape index (κ2) is 6.52. The van der Waals surface area contributed by atoms with Crippen LogP contribution < -0.4 is 0 Å². The van der Waals surface area contributed by atoms with Crippen LogP contribution in [0.2, 0.25) is 25.7 Å². The quantitative estimate of drug-likeness (QED) is 0.630. The molecule has 6 nitrogen and oxygen atoms in total. The van der Waals surface area contributed by atoms with Crippen molar-refractivity contribution < 1.29 is 27.8 Å². The van der Waals surface area contributed by atoms with Gasteiger partial charge >= 0.3 is 12.1 Å². The summed E-state index contributed by atoms with van der Waals surface area (Å²) in [5, 5.41) is 9.17. The lowest BCUT2D eigenvalue weighted by Crippen LogP contribution is -2.22. The van der Waals surface area contributed by atoms with Crippen molar-refractivity contribution in [1.29, 1.82) is 0 Å². The van der Waals surface area contributed by atoms with E-state index in [4.69, 9.17) is 4.74 Å². The normalized spacial score (nSPS) is 12.8. The molecule has 24 heavy (non-hydrogen) atoms. The van der Waals surface area contributed by atoms with Crippen molar-refractivity contribution in [2.75, 3.05) is 6.61 Å². The van der Waals surface area contributed by atoms with Crippen LogP contribution in [-0.2, 0) is 17.6 Å². The number of alkyl halides is 3. The number of rotatable bonds is 6. The smallest absolute Gasteiger partial charge is 0.434 e. The molecule has 0 amide bonds. The van der Waals surface area contributed by atoms with Crippen molar-refractivity contribution in [3.05, 3.63) is 23.7 Å². The third kappa shape index (κ3) is 4.32. The fourth-order valence-corrected chi connectivity index (χ4v) is 2.74. The number of hydrogen-bond donors (Lipinski definition) is 1. The van der Waals surface area contributed by atoms with E-state index < -0.39 is 25.9 Å². The minimum Gasteiger partial charge on any atom is -0.478 e. The zero-order chi connectivity index (χ0) is 18.1. The number of aromatic carboxylic acids is 1. The monoisotopic (exact) mass is 361 g/mol. The summed E-state index contributed by atoms with van der Waals surface area (Å²) in [6.07, 6.45) is -2.90. The van der Waals surface area contributed by atoms with Gasteiger partial charge in [-0.1, -0.05) is 19.6 Å². The lowest BCUT2D eigenvalue weighted by Gasteiger charge is -2.15. The van der Waals surface area contributed by atoms with Crippen LogP contribution in [0.3, 0.4) is 0 Å². The molecule has 0 aliphatic rings. The van der Waals surface area contributed by atoms with Gasteiger partial charge in [-0.05, 0) is 6.04 Å². The van der Waals surface area contributed by atoms with Crippen LogP contribution >= 0.6 is 0 Å². The highest BCUT2D eigenvalue weighted by Gasteiger charge is 2.34. The van der Waals surface area contributed by atoms with Gasteiger partial charge in [-0.3, -0.25) is 0 Å². The maximum Gasteiger partial charge on any atom is 0.434 e. The third-order valence-corrected chi connectivity index (χ3v) is 5.02. The first-order valence-corrected chi connectivity index (χ1v) is 10.9. The Bertz CT molecular complexity index is 753. The average Bonchev–Trinajstić information content (AvgIpc) is 2.80. The van der Waals surface area contributed by atoms with Crippen LogP contribution in [0.25, 0.3) is 11.2 Å². The van der Waals surface area contributed by atoms with Crippen LogP contribution in [-0.4, -0.2) is 40.3 Å². The molecule has 0 aliphatic heterocycles. The van der Waals surface area contributed by atoms with Gasteiger partial charge in [0.2, 0.25) is 0 Å². The molecule has 2 heterocycles. The molecule has 10 heteroatoms. The van der Waals surface area contributed by atoms with Crippen molar-refractivity contribution in [1.82, 2.24) is 14.5 Å². The van der Waals surface area contributed by atoms with Crippen molar-refractivity contribution >= 4 is 25.2 Å². The largest absolute Gasteiger partial charge is 0.478 e. The van der Waals surface area contributed by atoms with Gasteiger partial charge in [-0.25, -0.2) is 14.8 Å². The molecule has 0 aliphatic carbocycles. The summed E-state index contributed by atoms with van der Waals surface area (Å²) in [4.78, 5) is 18.4. The summed E-state index contributed by atoms with van der Waals surface area (Å²) >= 11 is 0. The number of hydrogen-bond acceptors (Lipinski definition) is 4. The Morgan fingerprint density at radius 3 is 2.58 bits per heavy atom. The fraction of sp³-hybridized carbons (Fsp3) is 0.500. The Labute approximate surface area is 137 Å². The van der Waals surface area contributed by atoms with Crippen molar-refractivity contribution in [3.8, 4) is 0 Å². The van der Waals surface area contributed by atoms with Gasteiger partial charge in [0, 0.05) is 20.9 Å². The van der Waals surface area contributed by atoms with Gasteiger partial charge in [0.1, 0.15) is 17.8 Å². The predicted octanol–water partition coefficient (Wildman–Crippen LogP) is 3.46. The number of nitrogens with zero attached hydrogens (tertiary/aromatic N) is 3. The highest BCUT2D eigenvalue weighted by Crippen LogP contribution is 2.29. The Hall–Kier alpha value is -1.94. The first kappa shape index (κ1) is 18.4. The van der Waals surface area contributed by atoms with Crippen molar-refractivity contribution in [3.63, 3.8) is 0 Å². The number of halogens is 3. The average molecular weight is 361 g/mol. The number of fused-ring (bicyclic) bond motifs is 1. The van der Waals surface area contributed by atoms with E-state index in [9.17, 15) is 23.1 Å². The molecule has 2 rings (SSSR count). The molecule has 1 N–H and O–H groups in total. The molecular weight excluding hydrogens is 343 g/mol. The van der Waals surface area contributed by atoms with Gasteiger partial charge in [-0.15, -0.1) is 0 Å². The van der Waals surface area contributed by atoms with E-state index in [1.807, 2.05) is 0 Å². The molecule has 2 aromatic rings. The molecule has 0 spiro atoms. The number of carbonyl (C=O) groups is 1. The summed E-state index contributed by atoms with van der Waals surface area (Å²) in [5.41, 5.74) is -1.81. The van der Waals surface area contributed by atoms with Gasteiger partial charge < -0.3 is 14.4 Å². The third-order valence-electron chi connectivity index (χ3n) is 3.31. The summed E-state index contributed by atoms with van der Waals surface area (Å²) in [7, 11) is -1.27. The first-order chi connectivity index (χ1) is 11.0. The zero-order valence-electron chi connectivity index (χ0n) is 13.5. The zero-order valence-corrected chi connectivity index (χ0v) is 14.5. The standard InChI is InChI=1S/C14H18F3N3O3Si/c1-24(2,3)5-4-23-8-20-7-9(13(21)22)11-12(20)18-6-10(19-11)14(15,16)17/h6-7H,4-5,8H2,1-3H3,(H,21,22). The molecule has 0 saturated carbocycles. The molecule has 0 saturated heterocycles. The second-order valence-corrected chi connectivity index (χ2v) is 12.2. The van der Waals surface area contributed by atoms with E-state index in [1.165, 1.54) is 10.8 Å². The Morgan fingerprint density at radius 2 is 2.04 bits per heavy atom. The van der Waals surface area contributed by atoms with Gasteiger partial charge in [0.25, 0.3) is 0 Å². The maximum absolute atomic E-state index is 12.7. The van der Waals surface area contributed by atoms with E-state index in [0.717, 1.165) is 6.04 Å². The summed E-state index contributed by atoms with van der Waals surface area (Å²) in [6.45, 7) is 7.07. The van der Waals surface area contributed by atoms with Gasteiger partial charge in [0.05, 0.1) is 6.20 Å². The molecule has 2 aromatic heterocycles. The SMILES string of the molecule is C[Si](C)(C)CCOCn1cc(C(=O)O)c2nc(C(F)(F)F)cnc21. The van der Waals surface area contributed by atoms with Crippen LogP contribution in [0.1, 0.15) is 16.1 Å². The van der Waals surface area contributed by atoms with E-state index in [0.29, 0.717) is 12.8 Å². The summed E-state index contributed by atoms with van der Waals surface area (Å²) in [5.74, 6) is -1.37. The maximum atomic E-state index is 12.7. The fourth-order valence-electron chi connectivity index (χ4n) is 1.98. The molecule has 0 atom stereocenters. The van der Waals surface area contributed by atoms with Crippen LogP contribution in [0.5, 0.6) is 0 Å². The predicted molar refractivity (Wildman–Crippen MR) is 83.6 cm³/mol. The number of carboxylic acids is 1. The number of aromatic nitrogens is 3. The van der Waals surface area contributed by atoms with Gasteiger partial charge in [0.15, 0.2) is 11.3 Å². The Balaban J connectivity index is 2.29. The van der Waals surface area contributed by atoms with Gasteiger partial charge in [-0.2, -0.15) is 13.2 Å². The number of carboxylic acid groups (broad SMARTS) is 1. The summed E-state index contributed by atoms with van der Waals surface area (Å²) in [6, 6.07) is 0.919. The van der Waals surface area contributed by atoms with E-state index in [1.54, 1.807) is 0 Å². The molecule has 0 aromatic carbocycles. The lowest BCUT2D eigenvalue weighted by molar-refractivity contribution is -0.141. The number of ether oxygens (including phenoxy) is 1. The summed E-state index contributed by atoms with van der Waals surface area (Å²) < 4.78 is 45.1. The molecular formula is C14H18F3N3O3Si. The highest BCUT2D eigenvalue weighted by atomic mass is 28.3. The minimum absolute atomic E-state index is 0.00824. The molecule has 0 radical (unpaired) electrons. The molecule has 0 unspecified atom stereocenters. The first-order valence-electron chi connectivity index (χ1n) is 7.23. The van der Waals surface area contributed by atoms with Crippen molar-refractivity contribution in [2.24, 2.45) is 0 Å². The minimum atomic E-state index is -4.69. The Morgan fingerprint density at radius 1 is 1.38 bits per heavy atom. The van der Waals surface area contributed by atoms with E-state index in [-0.39, 0.29) is 23.5 Å². The molecule has 132 valence electrons. The molecule has 0 fully saturated rings. The second-order valence-electron chi connectivity index (χ2n) is 6.59. The lowest BCUT2D eigenvalue weighted by atomic mass is 10.3.